The van der Waals surface area contributed by atoms with Crippen LogP contribution in [0.15, 0.2) is 17.1 Å². The molecule has 106 valence electrons. The molecule has 0 radical (unpaired) electrons. The second kappa shape index (κ2) is 5.28. The van der Waals surface area contributed by atoms with Gasteiger partial charge in [-0.1, -0.05) is 0 Å². The molecule has 1 heterocycles. The molecule has 19 heavy (non-hydrogen) atoms. The van der Waals surface area contributed by atoms with E-state index in [4.69, 9.17) is 5.11 Å². The number of aliphatic hydroxyl groups excluding tert-OH is 3. The molecule has 0 amide bonds. The lowest BCUT2D eigenvalue weighted by Crippen LogP contribution is -2.35. The van der Waals surface area contributed by atoms with Crippen LogP contribution in [0.25, 0.3) is 0 Å². The van der Waals surface area contributed by atoms with E-state index >= 15 is 0 Å². The lowest BCUT2D eigenvalue weighted by atomic mass is 10.1. The zero-order chi connectivity index (χ0) is 14.2. The highest BCUT2D eigenvalue weighted by atomic mass is 16.3. The normalized spacial score (nSPS) is 30.6. The third-order valence-corrected chi connectivity index (χ3v) is 3.64. The Morgan fingerprint density at radius 2 is 2.11 bits per heavy atom. The van der Waals surface area contributed by atoms with Crippen LogP contribution in [0.1, 0.15) is 12.5 Å². The molecule has 1 aromatic heterocycles. The van der Waals surface area contributed by atoms with Gasteiger partial charge >= 0.3 is 5.69 Å². The van der Waals surface area contributed by atoms with Gasteiger partial charge in [0.05, 0.1) is 12.1 Å². The molecule has 1 fully saturated rings. The number of aromatic nitrogens is 2. The van der Waals surface area contributed by atoms with Crippen molar-refractivity contribution in [1.82, 2.24) is 9.55 Å². The van der Waals surface area contributed by atoms with Crippen molar-refractivity contribution in [3.05, 3.63) is 22.7 Å². The Morgan fingerprint density at radius 3 is 2.58 bits per heavy atom. The quantitative estimate of drug-likeness (QED) is 0.623. The van der Waals surface area contributed by atoms with Gasteiger partial charge in [0.25, 0.3) is 0 Å². The van der Waals surface area contributed by atoms with Crippen LogP contribution in [-0.2, 0) is 0 Å². The molecule has 3 N–H and O–H groups in total. The van der Waals surface area contributed by atoms with E-state index in [1.54, 1.807) is 31.3 Å². The van der Waals surface area contributed by atoms with Gasteiger partial charge in [0.1, 0.15) is 11.9 Å². The van der Waals surface area contributed by atoms with Gasteiger partial charge in [-0.25, -0.2) is 4.79 Å². The molecule has 0 bridgehead atoms. The van der Waals surface area contributed by atoms with Crippen molar-refractivity contribution in [3.8, 4) is 0 Å². The largest absolute Gasteiger partial charge is 0.396 e. The number of nitrogens with zero attached hydrogens (tertiary/aromatic N) is 3. The van der Waals surface area contributed by atoms with E-state index in [-0.39, 0.29) is 6.61 Å². The first-order valence-electron chi connectivity index (χ1n) is 6.19. The fourth-order valence-electron chi connectivity index (χ4n) is 2.46. The Bertz CT molecular complexity index is 502. The number of aliphatic hydroxyl groups is 3. The SMILES string of the molecule is CN(C)c1ccn([C@H]2C[C@@H](CO)[C@@H](O)[C@@H]2O)c(=O)n1. The van der Waals surface area contributed by atoms with E-state index in [0.717, 1.165) is 0 Å². The number of hydrogen-bond acceptors (Lipinski definition) is 6. The minimum absolute atomic E-state index is 0.216. The van der Waals surface area contributed by atoms with Crippen LogP contribution in [0.4, 0.5) is 5.82 Å². The maximum Gasteiger partial charge on any atom is 0.349 e. The number of anilines is 1. The molecule has 0 unspecified atom stereocenters. The summed E-state index contributed by atoms with van der Waals surface area (Å²) in [6.45, 7) is -0.216. The van der Waals surface area contributed by atoms with Crippen molar-refractivity contribution in [2.24, 2.45) is 5.92 Å². The van der Waals surface area contributed by atoms with Crippen molar-refractivity contribution in [2.45, 2.75) is 24.7 Å². The summed E-state index contributed by atoms with van der Waals surface area (Å²) in [5, 5.41) is 28.8. The van der Waals surface area contributed by atoms with Gasteiger partial charge in [0, 0.05) is 32.8 Å². The molecular weight excluding hydrogens is 250 g/mol. The molecule has 0 saturated heterocycles. The molecule has 0 spiro atoms. The fraction of sp³-hybridized carbons (Fsp3) is 0.667. The van der Waals surface area contributed by atoms with Crippen LogP contribution in [0, 0.1) is 5.92 Å². The van der Waals surface area contributed by atoms with Crippen LogP contribution in [0.2, 0.25) is 0 Å². The minimum Gasteiger partial charge on any atom is -0.396 e. The smallest absolute Gasteiger partial charge is 0.349 e. The highest BCUT2D eigenvalue weighted by molar-refractivity contribution is 5.33. The average molecular weight is 269 g/mol. The summed E-state index contributed by atoms with van der Waals surface area (Å²) in [4.78, 5) is 17.6. The van der Waals surface area contributed by atoms with Gasteiger partial charge in [-0.3, -0.25) is 4.57 Å². The molecule has 0 aromatic carbocycles. The topological polar surface area (TPSA) is 98.8 Å². The van der Waals surface area contributed by atoms with E-state index in [1.165, 1.54) is 4.57 Å². The molecule has 0 aliphatic heterocycles. The van der Waals surface area contributed by atoms with Crippen LogP contribution < -0.4 is 10.6 Å². The van der Waals surface area contributed by atoms with Crippen molar-refractivity contribution < 1.29 is 15.3 Å². The summed E-state index contributed by atoms with van der Waals surface area (Å²) in [7, 11) is 3.56. The zero-order valence-corrected chi connectivity index (χ0v) is 11.0. The molecular formula is C12H19N3O4. The molecule has 2 rings (SSSR count). The van der Waals surface area contributed by atoms with Crippen molar-refractivity contribution in [1.29, 1.82) is 0 Å². The van der Waals surface area contributed by atoms with E-state index in [1.807, 2.05) is 0 Å². The third-order valence-electron chi connectivity index (χ3n) is 3.64. The summed E-state index contributed by atoms with van der Waals surface area (Å²) in [5.41, 5.74) is -0.471. The van der Waals surface area contributed by atoms with Crippen LogP contribution in [0.5, 0.6) is 0 Å². The van der Waals surface area contributed by atoms with Crippen molar-refractivity contribution >= 4 is 5.82 Å². The van der Waals surface area contributed by atoms with Gasteiger partial charge < -0.3 is 20.2 Å². The molecule has 4 atom stereocenters. The maximum atomic E-state index is 11.9. The first-order chi connectivity index (χ1) is 8.95. The lowest BCUT2D eigenvalue weighted by Gasteiger charge is -2.19. The molecule has 1 aliphatic rings. The predicted molar refractivity (Wildman–Crippen MR) is 69.1 cm³/mol. The molecule has 1 aliphatic carbocycles. The molecule has 1 saturated carbocycles. The second-order valence-corrected chi connectivity index (χ2v) is 5.10. The molecule has 7 nitrogen and oxygen atoms in total. The van der Waals surface area contributed by atoms with Crippen LogP contribution >= 0.6 is 0 Å². The van der Waals surface area contributed by atoms with Crippen LogP contribution in [-0.4, -0.2) is 57.8 Å². The summed E-state index contributed by atoms with van der Waals surface area (Å²) >= 11 is 0. The second-order valence-electron chi connectivity index (χ2n) is 5.10. The van der Waals surface area contributed by atoms with Crippen LogP contribution in [0.3, 0.4) is 0 Å². The Labute approximate surface area is 110 Å². The van der Waals surface area contributed by atoms with Gasteiger partial charge in [-0.05, 0) is 12.5 Å². The monoisotopic (exact) mass is 269 g/mol. The summed E-state index contributed by atoms with van der Waals surface area (Å²) in [5.74, 6) is 0.119. The molecule has 1 aromatic rings. The zero-order valence-electron chi connectivity index (χ0n) is 11.0. The lowest BCUT2D eigenvalue weighted by molar-refractivity contribution is -0.00454. The maximum absolute atomic E-state index is 11.9. The number of rotatable bonds is 3. The Hall–Kier alpha value is -1.44. The summed E-state index contributed by atoms with van der Waals surface area (Å²) < 4.78 is 1.32. The first kappa shape index (κ1) is 14.0. The predicted octanol–water partition coefficient (Wildman–Crippen LogP) is -1.42. The van der Waals surface area contributed by atoms with E-state index in [2.05, 4.69) is 4.98 Å². The van der Waals surface area contributed by atoms with Gasteiger partial charge in [0.15, 0.2) is 0 Å². The Balaban J connectivity index is 2.31. The van der Waals surface area contributed by atoms with E-state index in [0.29, 0.717) is 12.2 Å². The standard InChI is InChI=1S/C12H19N3O4/c1-14(2)9-3-4-15(12(19)13-9)8-5-7(6-16)10(17)11(8)18/h3-4,7-8,10-11,16-18H,5-6H2,1-2H3/t7-,8-,10+,11+/m0/s1. The molecule has 7 heteroatoms. The van der Waals surface area contributed by atoms with Gasteiger partial charge in [0.2, 0.25) is 0 Å². The van der Waals surface area contributed by atoms with E-state index < -0.39 is 29.9 Å². The Morgan fingerprint density at radius 1 is 1.42 bits per heavy atom. The Kier molecular flexibility index (Phi) is 3.88. The highest BCUT2D eigenvalue weighted by Crippen LogP contribution is 2.34. The highest BCUT2D eigenvalue weighted by Gasteiger charge is 2.42. The van der Waals surface area contributed by atoms with Crippen molar-refractivity contribution in [3.63, 3.8) is 0 Å². The fourth-order valence-corrected chi connectivity index (χ4v) is 2.46. The third kappa shape index (κ3) is 2.49. The van der Waals surface area contributed by atoms with E-state index in [9.17, 15) is 15.0 Å². The summed E-state index contributed by atoms with van der Waals surface area (Å²) in [6, 6.07) is 1.12. The number of hydrogen-bond donors (Lipinski definition) is 3. The summed E-state index contributed by atoms with van der Waals surface area (Å²) in [6.07, 6.45) is -0.176. The minimum atomic E-state index is -1.07. The van der Waals surface area contributed by atoms with Gasteiger partial charge in [-0.2, -0.15) is 4.98 Å². The average Bonchev–Trinajstić information content (AvgIpc) is 2.66. The first-order valence-corrected chi connectivity index (χ1v) is 6.19. The van der Waals surface area contributed by atoms with Crippen molar-refractivity contribution in [2.75, 3.05) is 25.6 Å². The van der Waals surface area contributed by atoms with Gasteiger partial charge in [-0.15, -0.1) is 0 Å².